The van der Waals surface area contributed by atoms with Gasteiger partial charge in [0, 0.05) is 36.9 Å². The summed E-state index contributed by atoms with van der Waals surface area (Å²) < 4.78 is 0. The van der Waals surface area contributed by atoms with E-state index in [1.165, 1.54) is 0 Å². The summed E-state index contributed by atoms with van der Waals surface area (Å²) in [6.07, 6.45) is 2.57. The maximum absolute atomic E-state index is 8.60. The van der Waals surface area contributed by atoms with Gasteiger partial charge in [0.15, 0.2) is 0 Å². The number of nitrogens with zero attached hydrogens (tertiary/aromatic N) is 1. The molecule has 1 aromatic rings. The first-order valence-electron chi connectivity index (χ1n) is 5.22. The van der Waals surface area contributed by atoms with E-state index >= 15 is 0 Å². The highest BCUT2D eigenvalue weighted by Crippen LogP contribution is 2.11. The molecule has 0 fully saturated rings. The van der Waals surface area contributed by atoms with E-state index < -0.39 is 0 Å². The molecule has 0 unspecified atom stereocenters. The second-order valence-corrected chi connectivity index (χ2v) is 4.42. The van der Waals surface area contributed by atoms with E-state index in [4.69, 9.17) is 10.9 Å². The summed E-state index contributed by atoms with van der Waals surface area (Å²) in [5, 5.41) is 11.9. The third kappa shape index (κ3) is 5.20. The maximum atomic E-state index is 8.60. The Morgan fingerprint density at radius 3 is 3.06 bits per heavy atom. The van der Waals surface area contributed by atoms with Gasteiger partial charge in [0.25, 0.3) is 0 Å². The summed E-state index contributed by atoms with van der Waals surface area (Å²) in [6.45, 7) is 1.17. The fraction of sp³-hybridized carbons (Fsp3) is 0.500. The van der Waals surface area contributed by atoms with E-state index in [1.807, 2.05) is 23.9 Å². The van der Waals surface area contributed by atoms with Crippen molar-refractivity contribution in [1.82, 2.24) is 4.98 Å². The molecule has 90 valence electrons. The van der Waals surface area contributed by atoms with Gasteiger partial charge in [0.05, 0.1) is 0 Å². The first-order chi connectivity index (χ1) is 7.86. The summed E-state index contributed by atoms with van der Waals surface area (Å²) in [6, 6.07) is 3.76. The van der Waals surface area contributed by atoms with Crippen molar-refractivity contribution in [2.24, 2.45) is 5.84 Å². The molecule has 0 bridgehead atoms. The number of rotatable bonds is 8. The number of nitrogens with two attached hydrogens (primary N) is 1. The highest BCUT2D eigenvalue weighted by atomic mass is 32.2. The minimum atomic E-state index is 0.274. The smallest absolute Gasteiger partial charge is 0.141 e. The van der Waals surface area contributed by atoms with Gasteiger partial charge in [-0.15, -0.1) is 0 Å². The summed E-state index contributed by atoms with van der Waals surface area (Å²) in [4.78, 5) is 4.02. The fourth-order valence-corrected chi connectivity index (χ4v) is 1.94. The van der Waals surface area contributed by atoms with Crippen molar-refractivity contribution in [1.29, 1.82) is 0 Å². The number of hydrogen-bond donors (Lipinski definition) is 4. The molecule has 0 radical (unpaired) electrons. The summed E-state index contributed by atoms with van der Waals surface area (Å²) in [5.41, 5.74) is 3.51. The quantitative estimate of drug-likeness (QED) is 0.308. The van der Waals surface area contributed by atoms with Crippen LogP contribution in [0.25, 0.3) is 0 Å². The molecule has 0 aliphatic carbocycles. The Kier molecular flexibility index (Phi) is 6.71. The first kappa shape index (κ1) is 13.1. The number of aliphatic hydroxyl groups is 1. The molecule has 0 aromatic carbocycles. The van der Waals surface area contributed by atoms with Gasteiger partial charge in [0.1, 0.15) is 5.82 Å². The molecule has 5 nitrogen and oxygen atoms in total. The predicted molar refractivity (Wildman–Crippen MR) is 69.6 cm³/mol. The minimum Gasteiger partial charge on any atom is -0.396 e. The van der Waals surface area contributed by atoms with Gasteiger partial charge in [-0.25, -0.2) is 10.8 Å². The number of aliphatic hydroxyl groups excluding tert-OH is 1. The van der Waals surface area contributed by atoms with Crippen molar-refractivity contribution in [3.63, 3.8) is 0 Å². The van der Waals surface area contributed by atoms with E-state index in [-0.39, 0.29) is 6.61 Å². The van der Waals surface area contributed by atoms with Gasteiger partial charge < -0.3 is 15.8 Å². The van der Waals surface area contributed by atoms with E-state index in [0.717, 1.165) is 30.2 Å². The molecule has 0 aliphatic heterocycles. The molecule has 0 atom stereocenters. The van der Waals surface area contributed by atoms with Crippen LogP contribution in [0.5, 0.6) is 0 Å². The van der Waals surface area contributed by atoms with E-state index in [1.54, 1.807) is 6.20 Å². The minimum absolute atomic E-state index is 0.274. The van der Waals surface area contributed by atoms with Crippen LogP contribution in [0, 0.1) is 0 Å². The van der Waals surface area contributed by atoms with E-state index in [2.05, 4.69) is 15.7 Å². The number of aromatic nitrogens is 1. The molecule has 6 heteroatoms. The number of thioether (sulfide) groups is 1. The van der Waals surface area contributed by atoms with Crippen LogP contribution >= 0.6 is 11.8 Å². The zero-order valence-corrected chi connectivity index (χ0v) is 9.96. The Balaban J connectivity index is 2.16. The number of nitrogen functional groups attached to an aromatic ring is 1. The van der Waals surface area contributed by atoms with Crippen molar-refractivity contribution in [3.05, 3.63) is 18.3 Å². The Hall–Kier alpha value is -0.980. The Labute approximate surface area is 99.8 Å². The summed E-state index contributed by atoms with van der Waals surface area (Å²) in [7, 11) is 0. The van der Waals surface area contributed by atoms with Gasteiger partial charge >= 0.3 is 0 Å². The zero-order valence-electron chi connectivity index (χ0n) is 9.15. The van der Waals surface area contributed by atoms with Crippen LogP contribution in [-0.2, 0) is 0 Å². The SMILES string of the molecule is NNc1cc(NCCSCCCO)ccn1. The molecule has 0 spiro atoms. The predicted octanol–water partition coefficient (Wildman–Crippen LogP) is 0.895. The third-order valence-corrected chi connectivity index (χ3v) is 3.00. The van der Waals surface area contributed by atoms with Gasteiger partial charge in [-0.3, -0.25) is 0 Å². The first-order valence-corrected chi connectivity index (χ1v) is 6.37. The van der Waals surface area contributed by atoms with Gasteiger partial charge in [-0.1, -0.05) is 0 Å². The monoisotopic (exact) mass is 242 g/mol. The van der Waals surface area contributed by atoms with E-state index in [9.17, 15) is 0 Å². The van der Waals surface area contributed by atoms with E-state index in [0.29, 0.717) is 5.82 Å². The molecular weight excluding hydrogens is 224 g/mol. The van der Waals surface area contributed by atoms with Crippen LogP contribution in [0.2, 0.25) is 0 Å². The Morgan fingerprint density at radius 1 is 1.44 bits per heavy atom. The second-order valence-electron chi connectivity index (χ2n) is 3.19. The molecule has 0 saturated heterocycles. The molecule has 0 aliphatic rings. The number of anilines is 2. The molecule has 16 heavy (non-hydrogen) atoms. The molecule has 1 aromatic heterocycles. The topological polar surface area (TPSA) is 83.2 Å². The lowest BCUT2D eigenvalue weighted by Gasteiger charge is -2.07. The molecular formula is C10H18N4OS. The van der Waals surface area contributed by atoms with Crippen molar-refractivity contribution >= 4 is 23.3 Å². The molecule has 1 heterocycles. The lowest BCUT2D eigenvalue weighted by atomic mass is 10.4. The Bertz CT molecular complexity index is 298. The largest absolute Gasteiger partial charge is 0.396 e. The zero-order chi connectivity index (χ0) is 11.6. The van der Waals surface area contributed by atoms with Crippen LogP contribution in [0.3, 0.4) is 0 Å². The summed E-state index contributed by atoms with van der Waals surface area (Å²) >= 11 is 1.83. The average Bonchev–Trinajstić information content (AvgIpc) is 2.34. The summed E-state index contributed by atoms with van der Waals surface area (Å²) in [5.74, 6) is 7.94. The van der Waals surface area contributed by atoms with Crippen molar-refractivity contribution in [3.8, 4) is 0 Å². The standard InChI is InChI=1S/C10H18N4OS/c11-14-10-8-9(2-3-13-10)12-4-7-16-6-1-5-15/h2-3,8,15H,1,4-7,11H2,(H2,12,13,14). The molecule has 1 rings (SSSR count). The van der Waals surface area contributed by atoms with Crippen LogP contribution in [-0.4, -0.2) is 34.7 Å². The van der Waals surface area contributed by atoms with Crippen LogP contribution in [0.15, 0.2) is 18.3 Å². The molecule has 5 N–H and O–H groups in total. The maximum Gasteiger partial charge on any atom is 0.141 e. The highest BCUT2D eigenvalue weighted by Gasteiger charge is 1.95. The van der Waals surface area contributed by atoms with Crippen molar-refractivity contribution in [2.75, 3.05) is 35.4 Å². The second kappa shape index (κ2) is 8.20. The number of hydrogen-bond acceptors (Lipinski definition) is 6. The Morgan fingerprint density at radius 2 is 2.31 bits per heavy atom. The fourth-order valence-electron chi connectivity index (χ4n) is 1.16. The van der Waals surface area contributed by atoms with Crippen LogP contribution in [0.1, 0.15) is 6.42 Å². The van der Waals surface area contributed by atoms with Crippen LogP contribution < -0.4 is 16.6 Å². The van der Waals surface area contributed by atoms with Gasteiger partial charge in [-0.2, -0.15) is 11.8 Å². The lowest BCUT2D eigenvalue weighted by molar-refractivity contribution is 0.296. The molecule has 0 amide bonds. The molecule has 0 saturated carbocycles. The number of pyridine rings is 1. The third-order valence-electron chi connectivity index (χ3n) is 1.93. The average molecular weight is 242 g/mol. The van der Waals surface area contributed by atoms with Crippen molar-refractivity contribution < 1.29 is 5.11 Å². The van der Waals surface area contributed by atoms with Crippen LogP contribution in [0.4, 0.5) is 11.5 Å². The van der Waals surface area contributed by atoms with Crippen molar-refractivity contribution in [2.45, 2.75) is 6.42 Å². The number of hydrazine groups is 1. The number of nitrogens with one attached hydrogen (secondary N) is 2. The van der Waals surface area contributed by atoms with Gasteiger partial charge in [-0.05, 0) is 18.2 Å². The normalized spacial score (nSPS) is 10.1. The lowest BCUT2D eigenvalue weighted by Crippen LogP contribution is -2.10. The highest BCUT2D eigenvalue weighted by molar-refractivity contribution is 7.99. The van der Waals surface area contributed by atoms with Gasteiger partial charge in [0.2, 0.25) is 0 Å².